The number of aromatic nitrogens is 1. The molecule has 0 saturated heterocycles. The van der Waals surface area contributed by atoms with Crippen molar-refractivity contribution in [1.29, 1.82) is 0 Å². The first-order chi connectivity index (χ1) is 9.22. The summed E-state index contributed by atoms with van der Waals surface area (Å²) in [5.74, 6) is 0.283. The summed E-state index contributed by atoms with van der Waals surface area (Å²) in [5.41, 5.74) is 1.13. The zero-order valence-corrected chi connectivity index (χ0v) is 11.7. The van der Waals surface area contributed by atoms with Gasteiger partial charge in [0.15, 0.2) is 5.69 Å². The smallest absolute Gasteiger partial charge is 0.360 e. The zero-order chi connectivity index (χ0) is 13.7. The van der Waals surface area contributed by atoms with Crippen LogP contribution >= 0.6 is 0 Å². The highest BCUT2D eigenvalue weighted by molar-refractivity contribution is 5.88. The molecule has 0 aliphatic heterocycles. The summed E-state index contributed by atoms with van der Waals surface area (Å²) < 4.78 is 10.1. The van der Waals surface area contributed by atoms with Gasteiger partial charge in [-0.1, -0.05) is 24.4 Å². The number of carbonyl (C=O) groups excluding carboxylic acids is 1. The van der Waals surface area contributed by atoms with E-state index in [0.29, 0.717) is 30.6 Å². The second-order valence-electron chi connectivity index (χ2n) is 5.00. The van der Waals surface area contributed by atoms with E-state index in [-0.39, 0.29) is 0 Å². The molecule has 0 radical (unpaired) electrons. The first-order valence-electron chi connectivity index (χ1n) is 7.08. The van der Waals surface area contributed by atoms with Gasteiger partial charge in [-0.15, -0.1) is 0 Å². The molecule has 0 atom stereocenters. The largest absolute Gasteiger partial charge is 0.461 e. The Morgan fingerprint density at radius 1 is 1.42 bits per heavy atom. The molecule has 2 rings (SSSR count). The van der Waals surface area contributed by atoms with E-state index in [1.165, 1.54) is 32.1 Å². The number of nitrogens with zero attached hydrogens (tertiary/aromatic N) is 1. The number of rotatable bonds is 5. The Morgan fingerprint density at radius 2 is 2.16 bits per heavy atom. The number of nitrogens with one attached hydrogen (secondary N) is 1. The predicted octanol–water partition coefficient (Wildman–Crippen LogP) is 2.58. The van der Waals surface area contributed by atoms with E-state index in [9.17, 15) is 4.79 Å². The predicted molar refractivity (Wildman–Crippen MR) is 70.9 cm³/mol. The van der Waals surface area contributed by atoms with Gasteiger partial charge < -0.3 is 14.6 Å². The van der Waals surface area contributed by atoms with E-state index in [4.69, 9.17) is 9.26 Å². The molecule has 5 nitrogen and oxygen atoms in total. The van der Waals surface area contributed by atoms with Crippen LogP contribution in [0.25, 0.3) is 0 Å². The Morgan fingerprint density at radius 3 is 2.84 bits per heavy atom. The molecule has 1 aromatic rings. The normalized spacial score (nSPS) is 16.5. The van der Waals surface area contributed by atoms with Crippen molar-refractivity contribution < 1.29 is 14.1 Å². The lowest BCUT2D eigenvalue weighted by atomic mass is 9.95. The third-order valence-electron chi connectivity index (χ3n) is 3.63. The fraction of sp³-hybridized carbons (Fsp3) is 0.714. The summed E-state index contributed by atoms with van der Waals surface area (Å²) in [6, 6.07) is 0.540. The van der Waals surface area contributed by atoms with Gasteiger partial charge in [-0.25, -0.2) is 4.79 Å². The highest BCUT2D eigenvalue weighted by atomic mass is 16.5. The Kier molecular flexibility index (Phi) is 4.96. The second-order valence-corrected chi connectivity index (χ2v) is 5.00. The van der Waals surface area contributed by atoms with Crippen LogP contribution in [-0.4, -0.2) is 23.8 Å². The minimum absolute atomic E-state index is 0.308. The Labute approximate surface area is 113 Å². The SMILES string of the molecule is CCOC(=O)c1noc(C)c1CNC1CCCCC1. The van der Waals surface area contributed by atoms with E-state index < -0.39 is 5.97 Å². The average molecular weight is 266 g/mol. The Hall–Kier alpha value is -1.36. The molecule has 19 heavy (non-hydrogen) atoms. The molecule has 5 heteroatoms. The molecule has 1 N–H and O–H groups in total. The number of hydrogen-bond acceptors (Lipinski definition) is 5. The van der Waals surface area contributed by atoms with Crippen LogP contribution in [0.4, 0.5) is 0 Å². The summed E-state index contributed by atoms with van der Waals surface area (Å²) >= 11 is 0. The van der Waals surface area contributed by atoms with Crippen LogP contribution in [0.3, 0.4) is 0 Å². The van der Waals surface area contributed by atoms with Crippen LogP contribution in [-0.2, 0) is 11.3 Å². The molecule has 0 unspecified atom stereocenters. The van der Waals surface area contributed by atoms with E-state index >= 15 is 0 Å². The van der Waals surface area contributed by atoms with Gasteiger partial charge in [-0.2, -0.15) is 0 Å². The quantitative estimate of drug-likeness (QED) is 0.830. The Balaban J connectivity index is 1.98. The molecular weight excluding hydrogens is 244 g/mol. The maximum absolute atomic E-state index is 11.8. The van der Waals surface area contributed by atoms with Gasteiger partial charge in [0.25, 0.3) is 0 Å². The lowest BCUT2D eigenvalue weighted by Gasteiger charge is -2.22. The molecular formula is C14H22N2O3. The van der Waals surface area contributed by atoms with Crippen LogP contribution in [0.2, 0.25) is 0 Å². The molecule has 1 aliphatic rings. The van der Waals surface area contributed by atoms with Gasteiger partial charge >= 0.3 is 5.97 Å². The summed E-state index contributed by atoms with van der Waals surface area (Å²) in [7, 11) is 0. The fourth-order valence-corrected chi connectivity index (χ4v) is 2.51. The van der Waals surface area contributed by atoms with E-state index in [0.717, 1.165) is 5.56 Å². The van der Waals surface area contributed by atoms with Gasteiger partial charge in [0, 0.05) is 18.2 Å². The van der Waals surface area contributed by atoms with Crippen molar-refractivity contribution in [2.24, 2.45) is 0 Å². The summed E-state index contributed by atoms with van der Waals surface area (Å²) in [5, 5.41) is 7.30. The molecule has 106 valence electrons. The van der Waals surface area contributed by atoms with Crippen LogP contribution in [0.15, 0.2) is 4.52 Å². The fourth-order valence-electron chi connectivity index (χ4n) is 2.51. The molecule has 0 aromatic carbocycles. The van der Waals surface area contributed by atoms with Gasteiger partial charge in [-0.3, -0.25) is 0 Å². The zero-order valence-electron chi connectivity index (χ0n) is 11.7. The number of carbonyl (C=O) groups is 1. The van der Waals surface area contributed by atoms with Crippen molar-refractivity contribution in [2.45, 2.75) is 58.5 Å². The molecule has 1 aliphatic carbocycles. The highest BCUT2D eigenvalue weighted by Gasteiger charge is 2.22. The van der Waals surface area contributed by atoms with Crippen molar-refractivity contribution in [3.63, 3.8) is 0 Å². The van der Waals surface area contributed by atoms with Gasteiger partial charge in [0.2, 0.25) is 0 Å². The van der Waals surface area contributed by atoms with Crippen LogP contribution in [0.5, 0.6) is 0 Å². The molecule has 1 heterocycles. The minimum Gasteiger partial charge on any atom is -0.461 e. The van der Waals surface area contributed by atoms with Gasteiger partial charge in [0.1, 0.15) is 5.76 Å². The van der Waals surface area contributed by atoms with Gasteiger partial charge in [-0.05, 0) is 26.7 Å². The number of ether oxygens (including phenoxy) is 1. The van der Waals surface area contributed by atoms with Crippen molar-refractivity contribution >= 4 is 5.97 Å². The minimum atomic E-state index is -0.403. The van der Waals surface area contributed by atoms with Gasteiger partial charge in [0.05, 0.1) is 6.61 Å². The van der Waals surface area contributed by atoms with Crippen molar-refractivity contribution in [1.82, 2.24) is 10.5 Å². The maximum Gasteiger partial charge on any atom is 0.360 e. The molecule has 1 fully saturated rings. The lowest BCUT2D eigenvalue weighted by molar-refractivity contribution is 0.0513. The molecule has 1 saturated carbocycles. The number of hydrogen-bond donors (Lipinski definition) is 1. The monoisotopic (exact) mass is 266 g/mol. The third kappa shape index (κ3) is 3.56. The van der Waals surface area contributed by atoms with Crippen LogP contribution in [0, 0.1) is 6.92 Å². The molecule has 1 aromatic heterocycles. The van der Waals surface area contributed by atoms with E-state index in [1.54, 1.807) is 6.92 Å². The first kappa shape index (κ1) is 14.1. The average Bonchev–Trinajstić information content (AvgIpc) is 2.79. The van der Waals surface area contributed by atoms with E-state index in [2.05, 4.69) is 10.5 Å². The third-order valence-corrected chi connectivity index (χ3v) is 3.63. The first-order valence-corrected chi connectivity index (χ1v) is 7.08. The molecule has 0 amide bonds. The van der Waals surface area contributed by atoms with Crippen molar-refractivity contribution in [3.05, 3.63) is 17.0 Å². The number of esters is 1. The van der Waals surface area contributed by atoms with E-state index in [1.807, 2.05) is 6.92 Å². The van der Waals surface area contributed by atoms with Crippen molar-refractivity contribution in [2.75, 3.05) is 6.61 Å². The van der Waals surface area contributed by atoms with Crippen LogP contribution in [0.1, 0.15) is 60.8 Å². The topological polar surface area (TPSA) is 64.4 Å². The molecule has 0 bridgehead atoms. The number of aryl methyl sites for hydroxylation is 1. The second kappa shape index (κ2) is 6.70. The summed E-state index contributed by atoms with van der Waals surface area (Å²) in [6.07, 6.45) is 6.31. The standard InChI is InChI=1S/C14H22N2O3/c1-3-18-14(17)13-12(10(2)19-16-13)9-15-11-7-5-4-6-8-11/h11,15H,3-9H2,1-2H3. The Bertz CT molecular complexity index is 422. The van der Waals surface area contributed by atoms with Crippen molar-refractivity contribution in [3.8, 4) is 0 Å². The summed E-state index contributed by atoms with van der Waals surface area (Å²) in [6.45, 7) is 4.58. The van der Waals surface area contributed by atoms with Crippen LogP contribution < -0.4 is 5.32 Å². The summed E-state index contributed by atoms with van der Waals surface area (Å²) in [4.78, 5) is 11.8. The highest BCUT2D eigenvalue weighted by Crippen LogP contribution is 2.19. The maximum atomic E-state index is 11.8. The molecule has 0 spiro atoms. The lowest BCUT2D eigenvalue weighted by Crippen LogP contribution is -2.31.